The van der Waals surface area contributed by atoms with Crippen molar-refractivity contribution >= 4 is 24.2 Å². The van der Waals surface area contributed by atoms with Gasteiger partial charge in [-0.25, -0.2) is 0 Å². The van der Waals surface area contributed by atoms with Gasteiger partial charge in [-0.05, 0) is 31.9 Å². The molecule has 1 aromatic carbocycles. The molecule has 1 fully saturated rings. The number of hydrogen-bond donors (Lipinski definition) is 2. The van der Waals surface area contributed by atoms with Gasteiger partial charge in [0, 0.05) is 31.7 Å². The highest BCUT2D eigenvalue weighted by Crippen LogP contribution is 2.30. The third kappa shape index (κ3) is 4.21. The molecule has 1 saturated heterocycles. The second kappa shape index (κ2) is 8.15. The first-order chi connectivity index (χ1) is 10.1. The Morgan fingerprint density at radius 1 is 1.32 bits per heavy atom. The number of nitrogens with one attached hydrogen (secondary N) is 1. The average molecular weight is 326 g/mol. The van der Waals surface area contributed by atoms with Gasteiger partial charge in [0.25, 0.3) is 5.91 Å². The molecule has 0 aliphatic carbocycles. The van der Waals surface area contributed by atoms with Gasteiger partial charge >= 0.3 is 0 Å². The smallest absolute Gasteiger partial charge is 0.253 e. The summed E-state index contributed by atoms with van der Waals surface area (Å²) in [5.41, 5.74) is 5.56. The number of rotatable bonds is 4. The quantitative estimate of drug-likeness (QED) is 0.879. The molecule has 22 heavy (non-hydrogen) atoms. The lowest BCUT2D eigenvalue weighted by atomic mass is 9.80. The van der Waals surface area contributed by atoms with Crippen molar-refractivity contribution in [1.29, 1.82) is 0 Å². The van der Waals surface area contributed by atoms with Crippen LogP contribution in [0.4, 0.5) is 0 Å². The molecule has 1 unspecified atom stereocenters. The molecule has 2 rings (SSSR count). The molecule has 0 spiro atoms. The summed E-state index contributed by atoms with van der Waals surface area (Å²) < 4.78 is 0. The molecule has 1 aromatic rings. The zero-order valence-electron chi connectivity index (χ0n) is 12.9. The van der Waals surface area contributed by atoms with Crippen LogP contribution in [0.1, 0.15) is 30.1 Å². The van der Waals surface area contributed by atoms with E-state index in [1.807, 2.05) is 37.3 Å². The predicted octanol–water partition coefficient (Wildman–Crippen LogP) is 1.43. The van der Waals surface area contributed by atoms with Crippen molar-refractivity contribution in [3.8, 4) is 0 Å². The summed E-state index contributed by atoms with van der Waals surface area (Å²) in [6.45, 7) is 3.98. The predicted molar refractivity (Wildman–Crippen MR) is 89.0 cm³/mol. The summed E-state index contributed by atoms with van der Waals surface area (Å²) in [7, 11) is 0. The van der Waals surface area contributed by atoms with E-state index in [-0.39, 0.29) is 24.2 Å². The monoisotopic (exact) mass is 325 g/mol. The summed E-state index contributed by atoms with van der Waals surface area (Å²) in [6.07, 6.45) is 1.63. The molecular formula is C16H24ClN3O2. The summed E-state index contributed by atoms with van der Waals surface area (Å²) in [4.78, 5) is 26.6. The number of hydrogen-bond acceptors (Lipinski definition) is 3. The van der Waals surface area contributed by atoms with Gasteiger partial charge in [-0.2, -0.15) is 0 Å². The van der Waals surface area contributed by atoms with E-state index in [9.17, 15) is 9.59 Å². The van der Waals surface area contributed by atoms with E-state index in [4.69, 9.17) is 5.73 Å². The molecule has 2 amide bonds. The molecule has 3 N–H and O–H groups in total. The van der Waals surface area contributed by atoms with Gasteiger partial charge in [0.15, 0.2) is 0 Å². The largest absolute Gasteiger partial charge is 0.354 e. The van der Waals surface area contributed by atoms with Crippen LogP contribution in [0, 0.1) is 5.41 Å². The summed E-state index contributed by atoms with van der Waals surface area (Å²) >= 11 is 0. The Kier molecular flexibility index (Phi) is 6.84. The second-order valence-corrected chi connectivity index (χ2v) is 5.80. The number of nitrogens with two attached hydrogens (primary N) is 1. The first-order valence-corrected chi connectivity index (χ1v) is 7.39. The van der Waals surface area contributed by atoms with Crippen LogP contribution in [0.2, 0.25) is 0 Å². The van der Waals surface area contributed by atoms with E-state index >= 15 is 0 Å². The van der Waals surface area contributed by atoms with Crippen LogP contribution in [0.25, 0.3) is 0 Å². The Morgan fingerprint density at radius 2 is 2.00 bits per heavy atom. The molecule has 5 nitrogen and oxygen atoms in total. The number of halogens is 1. The van der Waals surface area contributed by atoms with Crippen molar-refractivity contribution in [3.05, 3.63) is 35.9 Å². The van der Waals surface area contributed by atoms with Crippen molar-refractivity contribution in [2.24, 2.45) is 11.1 Å². The Balaban J connectivity index is 0.00000242. The summed E-state index contributed by atoms with van der Waals surface area (Å²) in [5, 5.41) is 2.84. The molecule has 122 valence electrons. The van der Waals surface area contributed by atoms with E-state index in [1.54, 1.807) is 4.90 Å². The number of carbonyl (C=O) groups is 2. The Hall–Kier alpha value is -1.59. The molecule has 0 saturated carbocycles. The lowest BCUT2D eigenvalue weighted by Crippen LogP contribution is -2.52. The topological polar surface area (TPSA) is 75.4 Å². The summed E-state index contributed by atoms with van der Waals surface area (Å²) in [5.74, 6) is -0.0216. The van der Waals surface area contributed by atoms with Crippen LogP contribution in [0.15, 0.2) is 30.3 Å². The highest BCUT2D eigenvalue weighted by Gasteiger charge is 2.39. The van der Waals surface area contributed by atoms with E-state index < -0.39 is 5.41 Å². The van der Waals surface area contributed by atoms with Gasteiger partial charge < -0.3 is 16.0 Å². The minimum absolute atomic E-state index is 0. The highest BCUT2D eigenvalue weighted by molar-refractivity contribution is 5.95. The second-order valence-electron chi connectivity index (χ2n) is 5.80. The van der Waals surface area contributed by atoms with Crippen molar-refractivity contribution < 1.29 is 9.59 Å². The van der Waals surface area contributed by atoms with E-state index in [1.165, 1.54) is 0 Å². The molecule has 0 radical (unpaired) electrons. The number of nitrogens with zero attached hydrogens (tertiary/aromatic N) is 1. The third-order valence-corrected chi connectivity index (χ3v) is 3.98. The first kappa shape index (κ1) is 18.5. The fraction of sp³-hybridized carbons (Fsp3) is 0.500. The van der Waals surface area contributed by atoms with E-state index in [2.05, 4.69) is 5.32 Å². The molecule has 1 heterocycles. The highest BCUT2D eigenvalue weighted by atomic mass is 35.5. The Labute approximate surface area is 137 Å². The van der Waals surface area contributed by atoms with Gasteiger partial charge in [-0.15, -0.1) is 12.4 Å². The van der Waals surface area contributed by atoms with Crippen LogP contribution < -0.4 is 11.1 Å². The molecule has 0 aromatic heterocycles. The number of likely N-dealkylation sites (tertiary alicyclic amines) is 1. The van der Waals surface area contributed by atoms with Crippen molar-refractivity contribution in [1.82, 2.24) is 10.2 Å². The van der Waals surface area contributed by atoms with Gasteiger partial charge in [0.2, 0.25) is 5.91 Å². The van der Waals surface area contributed by atoms with Gasteiger partial charge in [-0.1, -0.05) is 18.2 Å². The van der Waals surface area contributed by atoms with Gasteiger partial charge in [0.05, 0.1) is 5.41 Å². The molecule has 1 aliphatic rings. The first-order valence-electron chi connectivity index (χ1n) is 7.39. The lowest BCUT2D eigenvalue weighted by Gasteiger charge is -2.39. The Morgan fingerprint density at radius 3 is 2.64 bits per heavy atom. The third-order valence-electron chi connectivity index (χ3n) is 3.98. The molecule has 0 bridgehead atoms. The van der Waals surface area contributed by atoms with Crippen LogP contribution in [0.5, 0.6) is 0 Å². The fourth-order valence-corrected chi connectivity index (χ4v) is 2.76. The van der Waals surface area contributed by atoms with Crippen molar-refractivity contribution in [3.63, 3.8) is 0 Å². The SMILES string of the molecule is CC1(C(=O)NCCN)CCCN(C(=O)c2ccccc2)C1.Cl. The number of benzene rings is 1. The van der Waals surface area contributed by atoms with Gasteiger partial charge in [-0.3, -0.25) is 9.59 Å². The molecule has 6 heteroatoms. The van der Waals surface area contributed by atoms with Crippen LogP contribution in [0.3, 0.4) is 0 Å². The standard InChI is InChI=1S/C16H23N3O2.ClH/c1-16(15(21)18-10-9-17)8-5-11-19(12-16)14(20)13-6-3-2-4-7-13;/h2-4,6-7H,5,8-12,17H2,1H3,(H,18,21);1H. The minimum Gasteiger partial charge on any atom is -0.354 e. The fourth-order valence-electron chi connectivity index (χ4n) is 2.76. The van der Waals surface area contributed by atoms with E-state index in [0.717, 1.165) is 12.8 Å². The van der Waals surface area contributed by atoms with Gasteiger partial charge in [0.1, 0.15) is 0 Å². The average Bonchev–Trinajstić information content (AvgIpc) is 2.52. The maximum atomic E-state index is 12.5. The maximum Gasteiger partial charge on any atom is 0.253 e. The van der Waals surface area contributed by atoms with Crippen molar-refractivity contribution in [2.45, 2.75) is 19.8 Å². The number of amides is 2. The van der Waals surface area contributed by atoms with E-state index in [0.29, 0.717) is 31.7 Å². The minimum atomic E-state index is -0.530. The van der Waals surface area contributed by atoms with Crippen LogP contribution >= 0.6 is 12.4 Å². The number of piperidine rings is 1. The summed E-state index contributed by atoms with van der Waals surface area (Å²) in [6, 6.07) is 9.21. The number of carbonyl (C=O) groups excluding carboxylic acids is 2. The maximum absolute atomic E-state index is 12.5. The van der Waals surface area contributed by atoms with Crippen LogP contribution in [-0.2, 0) is 4.79 Å². The molecular weight excluding hydrogens is 302 g/mol. The zero-order valence-corrected chi connectivity index (χ0v) is 13.7. The lowest BCUT2D eigenvalue weighted by molar-refractivity contribution is -0.132. The van der Waals surface area contributed by atoms with Crippen LogP contribution in [-0.4, -0.2) is 42.9 Å². The zero-order chi connectivity index (χ0) is 15.3. The Bertz CT molecular complexity index is 509. The molecule has 1 aliphatic heterocycles. The normalized spacial score (nSPS) is 20.9. The molecule has 1 atom stereocenters. The van der Waals surface area contributed by atoms with Crippen molar-refractivity contribution in [2.75, 3.05) is 26.2 Å².